The van der Waals surface area contributed by atoms with Gasteiger partial charge in [0.1, 0.15) is 6.10 Å². The molecule has 4 rings (SSSR count). The molecule has 6 heteroatoms. The van der Waals surface area contributed by atoms with E-state index < -0.39 is 6.10 Å². The van der Waals surface area contributed by atoms with Crippen molar-refractivity contribution in [3.8, 4) is 23.0 Å². The van der Waals surface area contributed by atoms with Gasteiger partial charge in [-0.25, -0.2) is 9.97 Å². The number of rotatable bonds is 2. The van der Waals surface area contributed by atoms with Gasteiger partial charge in [-0.15, -0.1) is 0 Å². The topological polar surface area (TPSA) is 75.6 Å². The highest BCUT2D eigenvalue weighted by Gasteiger charge is 2.28. The smallest absolute Gasteiger partial charge is 0.253 e. The molecular weight excluding hydrogens is 342 g/mol. The summed E-state index contributed by atoms with van der Waals surface area (Å²) in [4.78, 5) is 22.5. The van der Waals surface area contributed by atoms with Gasteiger partial charge in [-0.3, -0.25) is 4.79 Å². The standard InChI is InChI=1S/C21H19N3O3/c1-12-4-9-15-18(25)16-10-11-17(23-20(16)27-19(15)22-12)13-5-7-14(8-6-13)21(26)24(2)3/h4-11,18,25H,1-3H3. The molecule has 0 saturated heterocycles. The molecular formula is C21H19N3O3. The molecule has 1 aromatic carbocycles. The number of fused-ring (bicyclic) bond motifs is 2. The Balaban J connectivity index is 1.68. The molecule has 0 radical (unpaired) electrons. The minimum absolute atomic E-state index is 0.0514. The summed E-state index contributed by atoms with van der Waals surface area (Å²) < 4.78 is 5.84. The highest BCUT2D eigenvalue weighted by atomic mass is 16.5. The molecule has 1 amide bonds. The number of carbonyl (C=O) groups excluding carboxylic acids is 1. The van der Waals surface area contributed by atoms with Crippen LogP contribution in [0.2, 0.25) is 0 Å². The molecule has 0 spiro atoms. The lowest BCUT2D eigenvalue weighted by Gasteiger charge is -2.23. The molecule has 0 fully saturated rings. The number of benzene rings is 1. The molecule has 1 atom stereocenters. The van der Waals surface area contributed by atoms with Crippen molar-refractivity contribution in [3.05, 3.63) is 70.9 Å². The maximum Gasteiger partial charge on any atom is 0.253 e. The Morgan fingerprint density at radius 1 is 0.963 bits per heavy atom. The Bertz CT molecular complexity index is 1030. The first-order valence-corrected chi connectivity index (χ1v) is 8.60. The Kier molecular flexibility index (Phi) is 4.12. The third-order valence-electron chi connectivity index (χ3n) is 4.53. The SMILES string of the molecule is Cc1ccc2c(n1)Oc1nc(-c3ccc(C(=O)N(C)C)cc3)ccc1C2O. The first kappa shape index (κ1) is 17.2. The number of carbonyl (C=O) groups is 1. The normalized spacial score (nSPS) is 14.7. The summed E-state index contributed by atoms with van der Waals surface area (Å²) in [6.07, 6.45) is -0.821. The quantitative estimate of drug-likeness (QED) is 0.758. The molecule has 0 bridgehead atoms. The van der Waals surface area contributed by atoms with Crippen LogP contribution in [0, 0.1) is 6.92 Å². The number of hydrogen-bond acceptors (Lipinski definition) is 5. The first-order valence-electron chi connectivity index (χ1n) is 8.60. The maximum absolute atomic E-state index is 12.0. The summed E-state index contributed by atoms with van der Waals surface area (Å²) in [5, 5.41) is 10.6. The van der Waals surface area contributed by atoms with Gasteiger partial charge in [-0.05, 0) is 43.3 Å². The van der Waals surface area contributed by atoms with Gasteiger partial charge in [-0.1, -0.05) is 12.1 Å². The van der Waals surface area contributed by atoms with Crippen LogP contribution in [0.3, 0.4) is 0 Å². The van der Waals surface area contributed by atoms with Crippen LogP contribution in [0.25, 0.3) is 11.3 Å². The summed E-state index contributed by atoms with van der Waals surface area (Å²) in [5.41, 5.74) is 4.21. The zero-order chi connectivity index (χ0) is 19.1. The van der Waals surface area contributed by atoms with Crippen LogP contribution in [0.5, 0.6) is 11.8 Å². The van der Waals surface area contributed by atoms with Gasteiger partial charge < -0.3 is 14.7 Å². The monoisotopic (exact) mass is 361 g/mol. The van der Waals surface area contributed by atoms with Crippen molar-refractivity contribution in [1.82, 2.24) is 14.9 Å². The second-order valence-electron chi connectivity index (χ2n) is 6.72. The van der Waals surface area contributed by atoms with E-state index in [1.807, 2.05) is 43.3 Å². The maximum atomic E-state index is 12.0. The molecule has 2 aromatic heterocycles. The van der Waals surface area contributed by atoms with Crippen LogP contribution in [0.4, 0.5) is 0 Å². The number of nitrogens with zero attached hydrogens (tertiary/aromatic N) is 3. The predicted molar refractivity (Wildman–Crippen MR) is 101 cm³/mol. The highest BCUT2D eigenvalue weighted by Crippen LogP contribution is 2.41. The fraction of sp³-hybridized carbons (Fsp3) is 0.190. The van der Waals surface area contributed by atoms with Crippen molar-refractivity contribution < 1.29 is 14.6 Å². The highest BCUT2D eigenvalue weighted by molar-refractivity contribution is 5.94. The van der Waals surface area contributed by atoms with E-state index in [-0.39, 0.29) is 5.91 Å². The molecule has 27 heavy (non-hydrogen) atoms. The Morgan fingerprint density at radius 2 is 1.59 bits per heavy atom. The molecule has 1 aliphatic heterocycles. The number of aliphatic hydroxyl groups is 1. The van der Waals surface area contributed by atoms with E-state index in [1.54, 1.807) is 26.2 Å². The first-order chi connectivity index (χ1) is 12.9. The average molecular weight is 361 g/mol. The third-order valence-corrected chi connectivity index (χ3v) is 4.53. The molecule has 1 aliphatic rings. The largest absolute Gasteiger partial charge is 0.420 e. The third kappa shape index (κ3) is 3.04. The van der Waals surface area contributed by atoms with E-state index in [1.165, 1.54) is 4.90 Å². The van der Waals surface area contributed by atoms with Gasteiger partial charge >= 0.3 is 0 Å². The van der Waals surface area contributed by atoms with Crippen molar-refractivity contribution in [2.45, 2.75) is 13.0 Å². The van der Waals surface area contributed by atoms with Crippen LogP contribution in [-0.2, 0) is 0 Å². The number of ether oxygens (including phenoxy) is 1. The Morgan fingerprint density at radius 3 is 2.26 bits per heavy atom. The van der Waals surface area contributed by atoms with E-state index >= 15 is 0 Å². The fourth-order valence-corrected chi connectivity index (χ4v) is 3.04. The second kappa shape index (κ2) is 6.48. The Hall–Kier alpha value is -3.25. The van der Waals surface area contributed by atoms with Crippen LogP contribution in [0.15, 0.2) is 48.5 Å². The summed E-state index contributed by atoms with van der Waals surface area (Å²) in [6, 6.07) is 14.5. The summed E-state index contributed by atoms with van der Waals surface area (Å²) in [7, 11) is 3.44. The van der Waals surface area contributed by atoms with Gasteiger partial charge in [0.2, 0.25) is 11.8 Å². The molecule has 136 valence electrons. The molecule has 0 saturated carbocycles. The van der Waals surface area contributed by atoms with Crippen LogP contribution < -0.4 is 4.74 Å². The predicted octanol–water partition coefficient (Wildman–Crippen LogP) is 3.34. The lowest BCUT2D eigenvalue weighted by Crippen LogP contribution is -2.21. The van der Waals surface area contributed by atoms with Gasteiger partial charge in [0.05, 0.1) is 5.69 Å². The van der Waals surface area contributed by atoms with Crippen molar-refractivity contribution >= 4 is 5.91 Å². The molecule has 1 N–H and O–H groups in total. The number of aliphatic hydroxyl groups excluding tert-OH is 1. The minimum atomic E-state index is -0.821. The lowest BCUT2D eigenvalue weighted by molar-refractivity contribution is 0.0827. The number of aromatic nitrogens is 2. The van der Waals surface area contributed by atoms with E-state index in [4.69, 9.17) is 4.74 Å². The summed E-state index contributed by atoms with van der Waals surface area (Å²) in [5.74, 6) is 0.676. The van der Waals surface area contributed by atoms with Gasteiger partial charge in [-0.2, -0.15) is 0 Å². The molecule has 3 aromatic rings. The number of amides is 1. The minimum Gasteiger partial charge on any atom is -0.420 e. The zero-order valence-electron chi connectivity index (χ0n) is 15.3. The summed E-state index contributed by atoms with van der Waals surface area (Å²) >= 11 is 0. The van der Waals surface area contributed by atoms with E-state index in [0.717, 1.165) is 11.3 Å². The molecule has 6 nitrogen and oxygen atoms in total. The zero-order valence-corrected chi connectivity index (χ0v) is 15.3. The molecule has 3 heterocycles. The van der Waals surface area contributed by atoms with Crippen LogP contribution >= 0.6 is 0 Å². The van der Waals surface area contributed by atoms with Crippen molar-refractivity contribution in [2.24, 2.45) is 0 Å². The van der Waals surface area contributed by atoms with Crippen molar-refractivity contribution in [2.75, 3.05) is 14.1 Å². The number of aryl methyl sites for hydroxylation is 1. The van der Waals surface area contributed by atoms with Gasteiger partial charge in [0, 0.05) is 42.0 Å². The average Bonchev–Trinajstić information content (AvgIpc) is 2.67. The van der Waals surface area contributed by atoms with Crippen molar-refractivity contribution in [1.29, 1.82) is 0 Å². The summed E-state index contributed by atoms with van der Waals surface area (Å²) in [6.45, 7) is 1.87. The number of pyridine rings is 2. The Labute approximate surface area is 157 Å². The van der Waals surface area contributed by atoms with Crippen LogP contribution in [-0.4, -0.2) is 40.0 Å². The molecule has 0 aliphatic carbocycles. The van der Waals surface area contributed by atoms with E-state index in [9.17, 15) is 9.90 Å². The second-order valence-corrected chi connectivity index (χ2v) is 6.72. The van der Waals surface area contributed by atoms with Crippen molar-refractivity contribution in [3.63, 3.8) is 0 Å². The molecule has 1 unspecified atom stereocenters. The van der Waals surface area contributed by atoms with Gasteiger partial charge in [0.25, 0.3) is 5.91 Å². The van der Waals surface area contributed by atoms with E-state index in [2.05, 4.69) is 9.97 Å². The number of hydrogen-bond donors (Lipinski definition) is 1. The lowest BCUT2D eigenvalue weighted by atomic mass is 10.00. The van der Waals surface area contributed by atoms with Gasteiger partial charge in [0.15, 0.2) is 0 Å². The van der Waals surface area contributed by atoms with Crippen LogP contribution in [0.1, 0.15) is 33.3 Å². The van der Waals surface area contributed by atoms with E-state index in [0.29, 0.717) is 34.1 Å². The fourth-order valence-electron chi connectivity index (χ4n) is 3.04.